The van der Waals surface area contributed by atoms with E-state index in [0.29, 0.717) is 0 Å². The van der Waals surface area contributed by atoms with Gasteiger partial charge in [0.1, 0.15) is 0 Å². The molecule has 1 aliphatic rings. The molecule has 0 radical (unpaired) electrons. The van der Waals surface area contributed by atoms with Crippen LogP contribution in [0.3, 0.4) is 0 Å². The molecule has 0 unspecified atom stereocenters. The lowest BCUT2D eigenvalue weighted by Gasteiger charge is -2.14. The lowest BCUT2D eigenvalue weighted by molar-refractivity contribution is 1.29. The largest absolute Gasteiger partial charge is 0.0716 e. The lowest BCUT2D eigenvalue weighted by Crippen LogP contribution is -1.95. The van der Waals surface area contributed by atoms with Gasteiger partial charge in [-0.1, -0.05) is 48.0 Å². The van der Waals surface area contributed by atoms with E-state index in [0.717, 1.165) is 6.42 Å². The Balaban J connectivity index is 2.19. The Hall–Kier alpha value is -1.82. The van der Waals surface area contributed by atoms with Gasteiger partial charge in [-0.05, 0) is 60.6 Å². The van der Waals surface area contributed by atoms with Crippen molar-refractivity contribution in [3.05, 3.63) is 75.9 Å². The molecular weight excluding hydrogens is 216 g/mol. The van der Waals surface area contributed by atoms with E-state index in [1.165, 1.54) is 39.0 Å². The number of benzene rings is 2. The molecule has 0 aromatic heterocycles. The highest BCUT2D eigenvalue weighted by atomic mass is 14.2. The van der Waals surface area contributed by atoms with E-state index in [1.54, 1.807) is 0 Å². The molecule has 0 bridgehead atoms. The van der Waals surface area contributed by atoms with Gasteiger partial charge in [0.15, 0.2) is 0 Å². The third-order valence-electron chi connectivity index (χ3n) is 3.78. The van der Waals surface area contributed by atoms with E-state index in [1.807, 2.05) is 0 Å². The summed E-state index contributed by atoms with van der Waals surface area (Å²) >= 11 is 0. The van der Waals surface area contributed by atoms with E-state index in [4.69, 9.17) is 0 Å². The summed E-state index contributed by atoms with van der Waals surface area (Å²) in [5, 5.41) is 0. The second-order valence-corrected chi connectivity index (χ2v) is 5.25. The smallest absolute Gasteiger partial charge is 0.00819 e. The Morgan fingerprint density at radius 2 is 1.56 bits per heavy atom. The number of rotatable bonds is 1. The quantitative estimate of drug-likeness (QED) is 0.676. The Kier molecular flexibility index (Phi) is 2.59. The first-order valence-corrected chi connectivity index (χ1v) is 6.53. The highest BCUT2D eigenvalue weighted by Gasteiger charge is 2.17. The van der Waals surface area contributed by atoms with Gasteiger partial charge in [0.05, 0.1) is 0 Å². The molecule has 0 heteroatoms. The van der Waals surface area contributed by atoms with Gasteiger partial charge < -0.3 is 0 Å². The Bertz CT molecular complexity index is 622. The van der Waals surface area contributed by atoms with Crippen LogP contribution in [0.15, 0.2) is 42.5 Å². The summed E-state index contributed by atoms with van der Waals surface area (Å²) in [6.07, 6.45) is 3.44. The molecule has 0 spiro atoms. The van der Waals surface area contributed by atoms with Crippen LogP contribution < -0.4 is 0 Å². The minimum atomic E-state index is 1.07. The SMILES string of the molecule is Cc1cc(C)c(C2=CCc3ccccc32)c(C)c1. The summed E-state index contributed by atoms with van der Waals surface area (Å²) in [7, 11) is 0. The molecule has 0 N–H and O–H groups in total. The second kappa shape index (κ2) is 4.13. The zero-order valence-electron chi connectivity index (χ0n) is 11.2. The second-order valence-electron chi connectivity index (χ2n) is 5.25. The summed E-state index contributed by atoms with van der Waals surface area (Å²) in [5.74, 6) is 0. The van der Waals surface area contributed by atoms with Crippen molar-refractivity contribution < 1.29 is 0 Å². The minimum Gasteiger partial charge on any atom is -0.0716 e. The van der Waals surface area contributed by atoms with Crippen molar-refractivity contribution in [1.82, 2.24) is 0 Å². The zero-order chi connectivity index (χ0) is 12.7. The summed E-state index contributed by atoms with van der Waals surface area (Å²) < 4.78 is 0. The van der Waals surface area contributed by atoms with Crippen molar-refractivity contribution in [1.29, 1.82) is 0 Å². The summed E-state index contributed by atoms with van der Waals surface area (Å²) in [5.41, 5.74) is 9.82. The molecule has 0 saturated carbocycles. The van der Waals surface area contributed by atoms with Crippen molar-refractivity contribution in [2.45, 2.75) is 27.2 Å². The first-order chi connectivity index (χ1) is 8.66. The number of allylic oxidation sites excluding steroid dienone is 1. The van der Waals surface area contributed by atoms with Crippen LogP contribution >= 0.6 is 0 Å². The van der Waals surface area contributed by atoms with Crippen molar-refractivity contribution in [2.75, 3.05) is 0 Å². The minimum absolute atomic E-state index is 1.07. The number of hydrogen-bond acceptors (Lipinski definition) is 0. The van der Waals surface area contributed by atoms with Gasteiger partial charge in [-0.25, -0.2) is 0 Å². The lowest BCUT2D eigenvalue weighted by atomic mass is 9.91. The Labute approximate surface area is 109 Å². The Morgan fingerprint density at radius 3 is 2.28 bits per heavy atom. The van der Waals surface area contributed by atoms with E-state index in [9.17, 15) is 0 Å². The predicted molar refractivity (Wildman–Crippen MR) is 77.9 cm³/mol. The predicted octanol–water partition coefficient (Wildman–Crippen LogP) is 4.60. The summed E-state index contributed by atoms with van der Waals surface area (Å²) in [4.78, 5) is 0. The summed E-state index contributed by atoms with van der Waals surface area (Å²) in [6.45, 7) is 6.61. The molecule has 0 atom stereocenters. The van der Waals surface area contributed by atoms with Gasteiger partial charge >= 0.3 is 0 Å². The Morgan fingerprint density at radius 1 is 0.889 bits per heavy atom. The van der Waals surface area contributed by atoms with Crippen molar-refractivity contribution in [3.63, 3.8) is 0 Å². The van der Waals surface area contributed by atoms with Gasteiger partial charge in [-0.15, -0.1) is 0 Å². The van der Waals surface area contributed by atoms with E-state index in [2.05, 4.69) is 63.2 Å². The maximum atomic E-state index is 2.37. The molecule has 0 nitrogen and oxygen atoms in total. The van der Waals surface area contributed by atoms with Crippen LogP contribution in [0.25, 0.3) is 5.57 Å². The molecule has 0 aliphatic heterocycles. The van der Waals surface area contributed by atoms with E-state index in [-0.39, 0.29) is 0 Å². The molecule has 0 amide bonds. The topological polar surface area (TPSA) is 0 Å². The van der Waals surface area contributed by atoms with Gasteiger partial charge in [-0.3, -0.25) is 0 Å². The van der Waals surface area contributed by atoms with Gasteiger partial charge in [0.2, 0.25) is 0 Å². The third kappa shape index (κ3) is 1.69. The van der Waals surface area contributed by atoms with Crippen LogP contribution in [-0.2, 0) is 6.42 Å². The van der Waals surface area contributed by atoms with Crippen molar-refractivity contribution in [2.24, 2.45) is 0 Å². The zero-order valence-corrected chi connectivity index (χ0v) is 11.2. The van der Waals surface area contributed by atoms with Crippen molar-refractivity contribution >= 4 is 5.57 Å². The first kappa shape index (κ1) is 11.3. The fourth-order valence-electron chi connectivity index (χ4n) is 3.12. The van der Waals surface area contributed by atoms with Gasteiger partial charge in [-0.2, -0.15) is 0 Å². The average Bonchev–Trinajstić information content (AvgIpc) is 2.72. The van der Waals surface area contributed by atoms with Crippen molar-refractivity contribution in [3.8, 4) is 0 Å². The van der Waals surface area contributed by atoms with Gasteiger partial charge in [0, 0.05) is 0 Å². The van der Waals surface area contributed by atoms with E-state index < -0.39 is 0 Å². The number of hydrogen-bond donors (Lipinski definition) is 0. The van der Waals surface area contributed by atoms with Crippen LogP contribution in [0, 0.1) is 20.8 Å². The molecule has 0 fully saturated rings. The number of aryl methyl sites for hydroxylation is 3. The summed E-state index contributed by atoms with van der Waals surface area (Å²) in [6, 6.07) is 13.3. The fourth-order valence-corrected chi connectivity index (χ4v) is 3.12. The normalized spacial score (nSPS) is 13.4. The number of fused-ring (bicyclic) bond motifs is 1. The van der Waals surface area contributed by atoms with Gasteiger partial charge in [0.25, 0.3) is 0 Å². The molecule has 0 saturated heterocycles. The molecule has 90 valence electrons. The van der Waals surface area contributed by atoms with Crippen LogP contribution in [0.2, 0.25) is 0 Å². The first-order valence-electron chi connectivity index (χ1n) is 6.53. The maximum absolute atomic E-state index is 2.37. The average molecular weight is 234 g/mol. The standard InChI is InChI=1S/C18H18/c1-12-10-13(2)18(14(3)11-12)17-9-8-15-6-4-5-7-16(15)17/h4-7,9-11H,8H2,1-3H3. The third-order valence-corrected chi connectivity index (χ3v) is 3.78. The molecule has 1 aliphatic carbocycles. The van der Waals surface area contributed by atoms with Crippen LogP contribution in [0.5, 0.6) is 0 Å². The van der Waals surface area contributed by atoms with E-state index >= 15 is 0 Å². The molecule has 2 aromatic rings. The molecular formula is C18H18. The van der Waals surface area contributed by atoms with Crippen LogP contribution in [-0.4, -0.2) is 0 Å². The molecule has 0 heterocycles. The monoisotopic (exact) mass is 234 g/mol. The highest BCUT2D eigenvalue weighted by molar-refractivity contribution is 5.87. The highest BCUT2D eigenvalue weighted by Crippen LogP contribution is 2.36. The van der Waals surface area contributed by atoms with Crippen LogP contribution in [0.1, 0.15) is 33.4 Å². The maximum Gasteiger partial charge on any atom is -0.00819 e. The molecule has 3 rings (SSSR count). The molecule has 18 heavy (non-hydrogen) atoms. The fraction of sp³-hybridized carbons (Fsp3) is 0.222. The van der Waals surface area contributed by atoms with Crippen LogP contribution in [0.4, 0.5) is 0 Å². The molecule has 2 aromatic carbocycles.